The van der Waals surface area contributed by atoms with Crippen molar-refractivity contribution >= 4 is 5.91 Å². The van der Waals surface area contributed by atoms with Crippen LogP contribution in [0.3, 0.4) is 0 Å². The summed E-state index contributed by atoms with van der Waals surface area (Å²) in [5, 5.41) is 2.80. The zero-order valence-corrected chi connectivity index (χ0v) is 13.9. The van der Waals surface area contributed by atoms with Gasteiger partial charge >= 0.3 is 0 Å². The van der Waals surface area contributed by atoms with Crippen molar-refractivity contribution in [2.24, 2.45) is 0 Å². The van der Waals surface area contributed by atoms with Gasteiger partial charge in [-0.2, -0.15) is 0 Å². The molecule has 0 bridgehead atoms. The minimum atomic E-state index is -0.721. The van der Waals surface area contributed by atoms with Crippen LogP contribution in [0.1, 0.15) is 17.9 Å². The normalized spacial score (nSPS) is 10.7. The predicted molar refractivity (Wildman–Crippen MR) is 91.1 cm³/mol. The van der Waals surface area contributed by atoms with Crippen LogP contribution in [0.25, 0.3) is 11.3 Å². The van der Waals surface area contributed by atoms with Gasteiger partial charge in [0.25, 0.3) is 0 Å². The third-order valence-electron chi connectivity index (χ3n) is 3.79. The first-order valence-corrected chi connectivity index (χ1v) is 8.18. The summed E-state index contributed by atoms with van der Waals surface area (Å²) in [6.07, 6.45) is 5.82. The van der Waals surface area contributed by atoms with Crippen molar-refractivity contribution < 1.29 is 18.0 Å². The number of hydrogen-bond acceptors (Lipinski definition) is 4. The number of rotatable bonds is 7. The monoisotopic (exact) mass is 357 g/mol. The minimum Gasteiger partial charge on any atom is -0.441 e. The second-order valence-electron chi connectivity index (χ2n) is 5.68. The van der Waals surface area contributed by atoms with E-state index in [1.165, 1.54) is 12.3 Å². The Labute approximate surface area is 149 Å². The van der Waals surface area contributed by atoms with Crippen molar-refractivity contribution in [3.8, 4) is 11.3 Å². The predicted octanol–water partition coefficient (Wildman–Crippen LogP) is 3.31. The number of carbonyl (C=O) groups excluding carboxylic acids is 1. The average Bonchev–Trinajstić information content (AvgIpc) is 3.09. The number of carbonyl (C=O) groups is 1. The van der Waals surface area contributed by atoms with E-state index in [-0.39, 0.29) is 36.0 Å². The van der Waals surface area contributed by atoms with E-state index >= 15 is 0 Å². The maximum Gasteiger partial charge on any atom is 0.220 e. The number of nitrogens with one attached hydrogen (secondary N) is 1. The van der Waals surface area contributed by atoms with Crippen LogP contribution in [0.15, 0.2) is 53.3 Å². The van der Waals surface area contributed by atoms with Crippen molar-refractivity contribution in [1.29, 1.82) is 0 Å². The van der Waals surface area contributed by atoms with Gasteiger partial charge in [0.15, 0.2) is 11.7 Å². The molecule has 2 aromatic heterocycles. The Morgan fingerprint density at radius 3 is 2.62 bits per heavy atom. The van der Waals surface area contributed by atoms with Crippen molar-refractivity contribution in [2.75, 3.05) is 6.54 Å². The van der Waals surface area contributed by atoms with Crippen LogP contribution in [-0.2, 0) is 17.6 Å². The lowest BCUT2D eigenvalue weighted by molar-refractivity contribution is -0.121. The van der Waals surface area contributed by atoms with Crippen LogP contribution in [0, 0.1) is 11.6 Å². The van der Waals surface area contributed by atoms with Gasteiger partial charge in [0, 0.05) is 31.8 Å². The second kappa shape index (κ2) is 8.33. The molecule has 1 aromatic carbocycles. The lowest BCUT2D eigenvalue weighted by Crippen LogP contribution is -2.25. The Balaban J connectivity index is 1.49. The van der Waals surface area contributed by atoms with Crippen LogP contribution in [0.5, 0.6) is 0 Å². The summed E-state index contributed by atoms with van der Waals surface area (Å²) in [4.78, 5) is 19.9. The molecule has 1 amide bonds. The van der Waals surface area contributed by atoms with Gasteiger partial charge in [0.2, 0.25) is 5.91 Å². The fraction of sp³-hybridized carbons (Fsp3) is 0.211. The fourth-order valence-electron chi connectivity index (χ4n) is 2.48. The molecule has 0 aliphatic carbocycles. The Hall–Kier alpha value is -3.09. The van der Waals surface area contributed by atoms with E-state index in [1.54, 1.807) is 12.4 Å². The van der Waals surface area contributed by atoms with E-state index in [9.17, 15) is 13.6 Å². The average molecular weight is 357 g/mol. The minimum absolute atomic E-state index is 0.00702. The first kappa shape index (κ1) is 17.7. The van der Waals surface area contributed by atoms with Crippen molar-refractivity contribution in [3.63, 3.8) is 0 Å². The summed E-state index contributed by atoms with van der Waals surface area (Å²) in [5.74, 6) is -1.33. The SMILES string of the molecule is O=C(CCc1ncc(-c2c(F)cccc2F)o1)NCCc1cccnc1. The molecule has 0 aliphatic rings. The number of pyridine rings is 1. The van der Waals surface area contributed by atoms with Gasteiger partial charge < -0.3 is 9.73 Å². The van der Waals surface area contributed by atoms with Gasteiger partial charge in [-0.3, -0.25) is 9.78 Å². The maximum absolute atomic E-state index is 13.7. The number of hydrogen-bond donors (Lipinski definition) is 1. The van der Waals surface area contributed by atoms with Gasteiger partial charge in [-0.1, -0.05) is 12.1 Å². The molecule has 7 heteroatoms. The van der Waals surface area contributed by atoms with E-state index in [0.717, 1.165) is 17.7 Å². The maximum atomic E-state index is 13.7. The topological polar surface area (TPSA) is 68.0 Å². The van der Waals surface area contributed by atoms with Gasteiger partial charge in [0.05, 0.1) is 11.8 Å². The van der Waals surface area contributed by atoms with Gasteiger partial charge in [-0.05, 0) is 30.2 Å². The molecule has 0 radical (unpaired) electrons. The van der Waals surface area contributed by atoms with E-state index in [4.69, 9.17) is 4.42 Å². The highest BCUT2D eigenvalue weighted by atomic mass is 19.1. The van der Waals surface area contributed by atoms with Crippen LogP contribution in [-0.4, -0.2) is 22.4 Å². The first-order chi connectivity index (χ1) is 12.6. The largest absolute Gasteiger partial charge is 0.441 e. The van der Waals surface area contributed by atoms with E-state index in [1.807, 2.05) is 12.1 Å². The summed E-state index contributed by atoms with van der Waals surface area (Å²) >= 11 is 0. The lowest BCUT2D eigenvalue weighted by Gasteiger charge is -2.04. The second-order valence-corrected chi connectivity index (χ2v) is 5.68. The number of aromatic nitrogens is 2. The smallest absolute Gasteiger partial charge is 0.220 e. The molecule has 0 spiro atoms. The number of benzene rings is 1. The zero-order valence-electron chi connectivity index (χ0n) is 13.9. The van der Waals surface area contributed by atoms with E-state index < -0.39 is 11.6 Å². The molecule has 3 rings (SSSR count). The van der Waals surface area contributed by atoms with Crippen molar-refractivity contribution in [2.45, 2.75) is 19.3 Å². The third-order valence-corrected chi connectivity index (χ3v) is 3.79. The van der Waals surface area contributed by atoms with Crippen molar-refractivity contribution in [1.82, 2.24) is 15.3 Å². The molecule has 0 atom stereocenters. The molecule has 26 heavy (non-hydrogen) atoms. The quantitative estimate of drug-likeness (QED) is 0.704. The van der Waals surface area contributed by atoms with Crippen LogP contribution in [0.4, 0.5) is 8.78 Å². The molecule has 0 saturated carbocycles. The Morgan fingerprint density at radius 2 is 1.88 bits per heavy atom. The van der Waals surface area contributed by atoms with Crippen LogP contribution < -0.4 is 5.32 Å². The number of amides is 1. The molecule has 0 unspecified atom stereocenters. The molecule has 3 aromatic rings. The van der Waals surface area contributed by atoms with E-state index in [0.29, 0.717) is 13.0 Å². The van der Waals surface area contributed by atoms with E-state index in [2.05, 4.69) is 15.3 Å². The summed E-state index contributed by atoms with van der Waals surface area (Å²) in [7, 11) is 0. The Kier molecular flexibility index (Phi) is 5.68. The fourth-order valence-corrected chi connectivity index (χ4v) is 2.48. The molecule has 5 nitrogen and oxygen atoms in total. The highest BCUT2D eigenvalue weighted by Crippen LogP contribution is 2.26. The standard InChI is InChI=1S/C19H17F2N3O2/c20-14-4-1-5-15(21)19(14)16-12-24-18(26-16)7-6-17(25)23-10-8-13-3-2-9-22-11-13/h1-5,9,11-12H,6-8,10H2,(H,23,25). The van der Waals surface area contributed by atoms with Gasteiger partial charge in [-0.25, -0.2) is 13.8 Å². The van der Waals surface area contributed by atoms with Crippen LogP contribution in [0.2, 0.25) is 0 Å². The van der Waals surface area contributed by atoms with Crippen LogP contribution >= 0.6 is 0 Å². The summed E-state index contributed by atoms with van der Waals surface area (Å²) in [5.41, 5.74) is 0.782. The number of halogens is 2. The number of nitrogens with zero attached hydrogens (tertiary/aromatic N) is 2. The van der Waals surface area contributed by atoms with Crippen molar-refractivity contribution in [3.05, 3.63) is 72.0 Å². The molecule has 0 saturated heterocycles. The van der Waals surface area contributed by atoms with Gasteiger partial charge in [0.1, 0.15) is 11.6 Å². The Bertz CT molecular complexity index is 861. The Morgan fingerprint density at radius 1 is 1.08 bits per heavy atom. The number of oxazole rings is 1. The lowest BCUT2D eigenvalue weighted by atomic mass is 10.1. The molecular weight excluding hydrogens is 340 g/mol. The molecule has 134 valence electrons. The molecule has 0 aliphatic heterocycles. The summed E-state index contributed by atoms with van der Waals surface area (Å²) < 4.78 is 32.9. The zero-order chi connectivity index (χ0) is 18.4. The first-order valence-electron chi connectivity index (χ1n) is 8.18. The number of aryl methyl sites for hydroxylation is 1. The summed E-state index contributed by atoms with van der Waals surface area (Å²) in [6, 6.07) is 7.36. The molecule has 2 heterocycles. The third kappa shape index (κ3) is 4.50. The highest BCUT2D eigenvalue weighted by Gasteiger charge is 2.16. The summed E-state index contributed by atoms with van der Waals surface area (Å²) in [6.45, 7) is 0.502. The highest BCUT2D eigenvalue weighted by molar-refractivity contribution is 5.76. The molecule has 1 N–H and O–H groups in total. The molecular formula is C19H17F2N3O2. The van der Waals surface area contributed by atoms with Gasteiger partial charge in [-0.15, -0.1) is 0 Å². The molecule has 0 fully saturated rings.